The van der Waals surface area contributed by atoms with Gasteiger partial charge < -0.3 is 24.4 Å². The third kappa shape index (κ3) is 5.53. The fourth-order valence-electron chi connectivity index (χ4n) is 4.37. The Kier molecular flexibility index (Phi) is 7.42. The summed E-state index contributed by atoms with van der Waals surface area (Å²) < 4.78 is 29.2. The highest BCUT2D eigenvalue weighted by Crippen LogP contribution is 2.34. The second-order valence-electron chi connectivity index (χ2n) is 8.81. The number of ether oxygens (including phenoxy) is 3. The lowest BCUT2D eigenvalue weighted by Gasteiger charge is -2.24. The quantitative estimate of drug-likeness (QED) is 0.329. The molecule has 1 N–H and O–H groups in total. The number of nitrogens with one attached hydrogen (secondary N) is 1. The van der Waals surface area contributed by atoms with Crippen molar-refractivity contribution in [2.75, 3.05) is 23.6 Å². The first kappa shape index (κ1) is 26.1. The molecule has 0 saturated carbocycles. The molecule has 0 aliphatic carbocycles. The minimum absolute atomic E-state index is 0.126. The molecule has 3 aromatic rings. The number of nitrogens with zero attached hydrogens (tertiary/aromatic N) is 2. The van der Waals surface area contributed by atoms with Crippen molar-refractivity contribution in [1.29, 1.82) is 0 Å². The van der Waals surface area contributed by atoms with E-state index < -0.39 is 23.7 Å². The molecule has 0 bridgehead atoms. The maximum atomic E-state index is 13.7. The van der Waals surface area contributed by atoms with Gasteiger partial charge in [-0.1, -0.05) is 6.07 Å². The lowest BCUT2D eigenvalue weighted by molar-refractivity contribution is -0.124. The van der Waals surface area contributed by atoms with E-state index in [4.69, 9.17) is 26.4 Å². The number of amides is 2. The van der Waals surface area contributed by atoms with Crippen LogP contribution in [0, 0.1) is 5.82 Å². The topological polar surface area (TPSA) is 97.4 Å². The van der Waals surface area contributed by atoms with Crippen LogP contribution in [0.3, 0.4) is 0 Å². The fourth-order valence-corrected chi connectivity index (χ4v) is 4.76. The van der Waals surface area contributed by atoms with Gasteiger partial charge in [-0.25, -0.2) is 9.18 Å². The van der Waals surface area contributed by atoms with Crippen molar-refractivity contribution in [2.45, 2.75) is 25.9 Å². The normalized spacial score (nSPS) is 16.0. The van der Waals surface area contributed by atoms with Gasteiger partial charge in [0.05, 0.1) is 24.3 Å². The van der Waals surface area contributed by atoms with Crippen molar-refractivity contribution in [3.05, 3.63) is 83.7 Å². The van der Waals surface area contributed by atoms with Crippen LogP contribution in [-0.2, 0) is 20.9 Å². The molecule has 0 radical (unpaired) electrons. The Morgan fingerprint density at radius 3 is 2.49 bits per heavy atom. The molecule has 0 aromatic heterocycles. The zero-order valence-corrected chi connectivity index (χ0v) is 21.7. The molecule has 2 heterocycles. The third-order valence-electron chi connectivity index (χ3n) is 6.25. The van der Waals surface area contributed by atoms with E-state index in [1.165, 1.54) is 29.2 Å². The number of fused-ring (bicyclic) bond motifs is 1. The van der Waals surface area contributed by atoms with Crippen LogP contribution in [0.15, 0.2) is 66.7 Å². The Bertz CT molecular complexity index is 1430. The summed E-state index contributed by atoms with van der Waals surface area (Å²) in [6, 6.07) is 16.2. The lowest BCUT2D eigenvalue weighted by atomic mass is 10.1. The van der Waals surface area contributed by atoms with Gasteiger partial charge in [0.1, 0.15) is 11.9 Å². The molecule has 2 amide bonds. The van der Waals surface area contributed by atoms with E-state index in [0.29, 0.717) is 28.4 Å². The van der Waals surface area contributed by atoms with Crippen molar-refractivity contribution < 1.29 is 33.0 Å². The highest BCUT2D eigenvalue weighted by Gasteiger charge is 2.44. The lowest BCUT2D eigenvalue weighted by Crippen LogP contribution is -2.37. The molecule has 0 spiro atoms. The van der Waals surface area contributed by atoms with Crippen LogP contribution in [0.2, 0.25) is 0 Å². The Balaban J connectivity index is 1.40. The number of carbonyl (C=O) groups excluding carboxylic acids is 3. The molecule has 1 atom stereocenters. The standard InChI is InChI=1S/C28H24FN3O6S/c1-2-36-27(35)18-4-10-21(11-5-18)32-26(34)22(14-25(33)30-20-8-6-19(29)7-9-20)31(28(32)39)15-17-3-12-23-24(13-17)38-16-37-23/h3-13,22H,2,14-16H2,1H3,(H,30,33). The molecule has 200 valence electrons. The Hall–Kier alpha value is -4.51. The molecule has 39 heavy (non-hydrogen) atoms. The van der Waals surface area contributed by atoms with E-state index in [2.05, 4.69) is 5.32 Å². The summed E-state index contributed by atoms with van der Waals surface area (Å²) in [5, 5.41) is 2.91. The van der Waals surface area contributed by atoms with Gasteiger partial charge in [-0.15, -0.1) is 0 Å². The van der Waals surface area contributed by atoms with Crippen molar-refractivity contribution >= 4 is 46.5 Å². The second kappa shape index (κ2) is 11.1. The predicted molar refractivity (Wildman–Crippen MR) is 144 cm³/mol. The van der Waals surface area contributed by atoms with E-state index in [0.717, 1.165) is 5.56 Å². The number of hydrogen-bond donors (Lipinski definition) is 1. The number of hydrogen-bond acceptors (Lipinski definition) is 7. The van der Waals surface area contributed by atoms with Crippen LogP contribution in [0.5, 0.6) is 11.5 Å². The van der Waals surface area contributed by atoms with E-state index >= 15 is 0 Å². The summed E-state index contributed by atoms with van der Waals surface area (Å²) >= 11 is 5.73. The van der Waals surface area contributed by atoms with Crippen molar-refractivity contribution in [2.24, 2.45) is 0 Å². The summed E-state index contributed by atoms with van der Waals surface area (Å²) in [7, 11) is 0. The van der Waals surface area contributed by atoms with Gasteiger partial charge in [0, 0.05) is 12.2 Å². The zero-order valence-electron chi connectivity index (χ0n) is 20.9. The molecule has 2 aliphatic heterocycles. The van der Waals surface area contributed by atoms with Gasteiger partial charge in [0.25, 0.3) is 5.91 Å². The Morgan fingerprint density at radius 2 is 1.77 bits per heavy atom. The molecule has 11 heteroatoms. The molecule has 1 saturated heterocycles. The number of esters is 1. The summed E-state index contributed by atoms with van der Waals surface area (Å²) in [6.45, 7) is 2.31. The number of thiocarbonyl (C=S) groups is 1. The fraction of sp³-hybridized carbons (Fsp3) is 0.214. The summed E-state index contributed by atoms with van der Waals surface area (Å²) in [5.41, 5.74) is 2.00. The van der Waals surface area contributed by atoms with Crippen molar-refractivity contribution in [3.63, 3.8) is 0 Å². The van der Waals surface area contributed by atoms with Gasteiger partial charge in [0.2, 0.25) is 12.7 Å². The van der Waals surface area contributed by atoms with Gasteiger partial charge in [0.15, 0.2) is 16.6 Å². The van der Waals surface area contributed by atoms with Gasteiger partial charge in [-0.3, -0.25) is 14.5 Å². The summed E-state index contributed by atoms with van der Waals surface area (Å²) in [5.74, 6) is -0.516. The SMILES string of the molecule is CCOC(=O)c1ccc(N2C(=O)C(CC(=O)Nc3ccc(F)cc3)N(Cc3ccc4c(c3)OCO4)C2=S)cc1. The molecule has 3 aromatic carbocycles. The van der Waals surface area contributed by atoms with Crippen LogP contribution in [0.4, 0.5) is 15.8 Å². The largest absolute Gasteiger partial charge is 0.462 e. The maximum Gasteiger partial charge on any atom is 0.338 e. The molecule has 1 fully saturated rings. The summed E-state index contributed by atoms with van der Waals surface area (Å²) in [4.78, 5) is 41.7. The Morgan fingerprint density at radius 1 is 1.05 bits per heavy atom. The molecule has 2 aliphatic rings. The maximum absolute atomic E-state index is 13.7. The third-order valence-corrected chi connectivity index (χ3v) is 6.67. The second-order valence-corrected chi connectivity index (χ2v) is 9.18. The molecular weight excluding hydrogens is 525 g/mol. The van der Waals surface area contributed by atoms with Gasteiger partial charge >= 0.3 is 5.97 Å². The zero-order chi connectivity index (χ0) is 27.5. The Labute approximate surface area is 229 Å². The number of anilines is 2. The highest BCUT2D eigenvalue weighted by atomic mass is 32.1. The monoisotopic (exact) mass is 549 g/mol. The van der Waals surface area contributed by atoms with E-state index in [1.54, 1.807) is 42.2 Å². The first-order chi connectivity index (χ1) is 18.8. The number of halogens is 1. The van der Waals surface area contributed by atoms with E-state index in [1.807, 2.05) is 12.1 Å². The number of carbonyl (C=O) groups is 3. The smallest absolute Gasteiger partial charge is 0.338 e. The molecule has 5 rings (SSSR count). The van der Waals surface area contributed by atoms with Crippen molar-refractivity contribution in [1.82, 2.24) is 4.90 Å². The average molecular weight is 550 g/mol. The van der Waals surface area contributed by atoms with Gasteiger partial charge in [-0.05, 0) is 85.4 Å². The van der Waals surface area contributed by atoms with Crippen LogP contribution in [-0.4, -0.2) is 47.2 Å². The predicted octanol–water partition coefficient (Wildman–Crippen LogP) is 4.26. The average Bonchev–Trinajstić information content (AvgIpc) is 3.48. The van der Waals surface area contributed by atoms with E-state index in [-0.39, 0.29) is 37.4 Å². The van der Waals surface area contributed by atoms with E-state index in [9.17, 15) is 18.8 Å². The molecule has 9 nitrogen and oxygen atoms in total. The number of benzene rings is 3. The van der Waals surface area contributed by atoms with Crippen LogP contribution < -0.4 is 19.7 Å². The first-order valence-corrected chi connectivity index (χ1v) is 12.6. The summed E-state index contributed by atoms with van der Waals surface area (Å²) in [6.07, 6.45) is -0.196. The van der Waals surface area contributed by atoms with Crippen LogP contribution >= 0.6 is 12.2 Å². The van der Waals surface area contributed by atoms with Crippen LogP contribution in [0.25, 0.3) is 0 Å². The van der Waals surface area contributed by atoms with Crippen molar-refractivity contribution in [3.8, 4) is 11.5 Å². The number of rotatable bonds is 8. The minimum atomic E-state index is -0.909. The molecular formula is C28H24FN3O6S. The van der Waals surface area contributed by atoms with Gasteiger partial charge in [-0.2, -0.15) is 0 Å². The van der Waals surface area contributed by atoms with Crippen LogP contribution in [0.1, 0.15) is 29.3 Å². The molecule has 1 unspecified atom stereocenters. The first-order valence-electron chi connectivity index (χ1n) is 12.2. The highest BCUT2D eigenvalue weighted by molar-refractivity contribution is 7.80. The minimum Gasteiger partial charge on any atom is -0.462 e.